The number of aliphatic hydroxyl groups is 10. The molecule has 0 amide bonds. The van der Waals surface area contributed by atoms with E-state index in [-0.39, 0.29) is 0 Å². The molecule has 0 spiro atoms. The van der Waals surface area contributed by atoms with Gasteiger partial charge in [0, 0.05) is 7.11 Å². The second-order valence-corrected chi connectivity index (χ2v) is 8.59. The predicted octanol–water partition coefficient (Wildman–Crippen LogP) is -6.92. The van der Waals surface area contributed by atoms with Crippen molar-refractivity contribution in [3.8, 4) is 0 Å². The van der Waals surface area contributed by atoms with Crippen molar-refractivity contribution in [3.05, 3.63) is 0 Å². The molecular weight excluding hydrogens is 484 g/mol. The minimum Gasteiger partial charge on any atom is -0.394 e. The van der Waals surface area contributed by atoms with E-state index in [1.165, 1.54) is 7.11 Å². The third-order valence-electron chi connectivity index (χ3n) is 6.29. The van der Waals surface area contributed by atoms with Crippen LogP contribution in [0.3, 0.4) is 0 Å². The summed E-state index contributed by atoms with van der Waals surface area (Å²) in [4.78, 5) is 0. The maximum atomic E-state index is 10.6. The molecule has 206 valence electrons. The van der Waals surface area contributed by atoms with Crippen molar-refractivity contribution in [2.45, 2.75) is 92.1 Å². The van der Waals surface area contributed by atoms with Crippen molar-refractivity contribution < 1.29 is 79.5 Å². The van der Waals surface area contributed by atoms with Crippen LogP contribution in [0.1, 0.15) is 0 Å². The van der Waals surface area contributed by atoms with Crippen LogP contribution in [-0.4, -0.2) is 170 Å². The summed E-state index contributed by atoms with van der Waals surface area (Å²) in [5, 5.41) is 99.5. The molecule has 15 atom stereocenters. The molecule has 0 aromatic heterocycles. The SMILES string of the molecule is COC1OC(COC2OC(CO)[C@H](O)C(O)C2O)C(O)C(O)C1OC1OC(CO)C(O)C(O)C1O. The zero-order valence-corrected chi connectivity index (χ0v) is 18.7. The molecule has 14 unspecified atom stereocenters. The molecule has 0 bridgehead atoms. The number of rotatable bonds is 8. The van der Waals surface area contributed by atoms with E-state index in [1.54, 1.807) is 0 Å². The van der Waals surface area contributed by atoms with Gasteiger partial charge < -0.3 is 79.5 Å². The fraction of sp³-hybridized carbons (Fsp3) is 1.00. The summed E-state index contributed by atoms with van der Waals surface area (Å²) in [5.74, 6) is 0. The van der Waals surface area contributed by atoms with Crippen LogP contribution < -0.4 is 0 Å². The van der Waals surface area contributed by atoms with Crippen LogP contribution in [-0.2, 0) is 28.4 Å². The van der Waals surface area contributed by atoms with Gasteiger partial charge >= 0.3 is 0 Å². The summed E-state index contributed by atoms with van der Waals surface area (Å²) in [6, 6.07) is 0. The zero-order valence-electron chi connectivity index (χ0n) is 18.7. The maximum Gasteiger partial charge on any atom is 0.187 e. The molecule has 10 N–H and O–H groups in total. The van der Waals surface area contributed by atoms with E-state index in [2.05, 4.69) is 0 Å². The summed E-state index contributed by atoms with van der Waals surface area (Å²) >= 11 is 0. The van der Waals surface area contributed by atoms with Crippen LogP contribution >= 0.6 is 0 Å². The monoisotopic (exact) mass is 518 g/mol. The van der Waals surface area contributed by atoms with E-state index in [1.807, 2.05) is 0 Å². The van der Waals surface area contributed by atoms with Crippen LogP contribution in [0, 0.1) is 0 Å². The zero-order chi connectivity index (χ0) is 26.0. The van der Waals surface area contributed by atoms with Gasteiger partial charge in [-0.25, -0.2) is 0 Å². The van der Waals surface area contributed by atoms with Gasteiger partial charge in [0.1, 0.15) is 73.2 Å². The first-order valence-corrected chi connectivity index (χ1v) is 11.0. The van der Waals surface area contributed by atoms with Gasteiger partial charge in [-0.3, -0.25) is 0 Å². The van der Waals surface area contributed by atoms with Gasteiger partial charge in [0.15, 0.2) is 18.9 Å². The summed E-state index contributed by atoms with van der Waals surface area (Å²) in [6.45, 7) is -1.88. The van der Waals surface area contributed by atoms with Crippen molar-refractivity contribution in [2.75, 3.05) is 26.9 Å². The van der Waals surface area contributed by atoms with Crippen molar-refractivity contribution in [2.24, 2.45) is 0 Å². The van der Waals surface area contributed by atoms with Crippen molar-refractivity contribution in [1.29, 1.82) is 0 Å². The van der Waals surface area contributed by atoms with E-state index in [0.717, 1.165) is 0 Å². The standard InChI is InChI=1S/C19H34O16/c1-30-19-16(35-18-15(29)12(26)9(23)6(3-21)33-18)13(27)10(24)7(34-19)4-31-17-14(28)11(25)8(22)5(2-20)32-17/h5-29H,2-4H2,1H3/t5?,6?,7?,8-,9?,10?,11?,12?,13?,14?,15?,16?,17?,18?,19?/m0/s1. The highest BCUT2D eigenvalue weighted by Gasteiger charge is 2.51. The quantitative estimate of drug-likeness (QED) is 0.143. The van der Waals surface area contributed by atoms with Gasteiger partial charge in [0.2, 0.25) is 0 Å². The average molecular weight is 518 g/mol. The molecule has 16 heteroatoms. The summed E-state index contributed by atoms with van der Waals surface area (Å²) in [7, 11) is 1.19. The normalized spacial score (nSPS) is 51.3. The lowest BCUT2D eigenvalue weighted by Crippen LogP contribution is -2.65. The largest absolute Gasteiger partial charge is 0.394 e. The first kappa shape index (κ1) is 28.9. The Hall–Kier alpha value is -0.640. The Labute approximate surface area is 199 Å². The highest BCUT2D eigenvalue weighted by atomic mass is 16.8. The molecule has 0 aromatic carbocycles. The van der Waals surface area contributed by atoms with Crippen LogP contribution in [0.5, 0.6) is 0 Å². The number of hydrogen-bond donors (Lipinski definition) is 10. The van der Waals surface area contributed by atoms with E-state index in [9.17, 15) is 51.1 Å². The van der Waals surface area contributed by atoms with Gasteiger partial charge in [-0.1, -0.05) is 0 Å². The molecule has 0 aliphatic carbocycles. The van der Waals surface area contributed by atoms with Crippen molar-refractivity contribution in [1.82, 2.24) is 0 Å². The molecule has 16 nitrogen and oxygen atoms in total. The maximum absolute atomic E-state index is 10.6. The number of hydrogen-bond acceptors (Lipinski definition) is 16. The first-order valence-electron chi connectivity index (χ1n) is 11.0. The molecule has 3 heterocycles. The molecular formula is C19H34O16. The molecule has 3 aliphatic heterocycles. The smallest absolute Gasteiger partial charge is 0.187 e. The Morgan fingerprint density at radius 3 is 1.51 bits per heavy atom. The third kappa shape index (κ3) is 5.93. The highest BCUT2D eigenvalue weighted by molar-refractivity contribution is 4.94. The van der Waals surface area contributed by atoms with Gasteiger partial charge in [-0.2, -0.15) is 0 Å². The predicted molar refractivity (Wildman–Crippen MR) is 106 cm³/mol. The molecule has 0 radical (unpaired) electrons. The minimum absolute atomic E-state index is 0.506. The van der Waals surface area contributed by atoms with Gasteiger partial charge in [-0.05, 0) is 0 Å². The Morgan fingerprint density at radius 2 is 1.00 bits per heavy atom. The molecule has 35 heavy (non-hydrogen) atoms. The van der Waals surface area contributed by atoms with Crippen molar-refractivity contribution in [3.63, 3.8) is 0 Å². The molecule has 3 fully saturated rings. The van der Waals surface area contributed by atoms with Crippen LogP contribution in [0.4, 0.5) is 0 Å². The average Bonchev–Trinajstić information content (AvgIpc) is 2.85. The second-order valence-electron chi connectivity index (χ2n) is 8.59. The fourth-order valence-corrected chi connectivity index (χ4v) is 4.11. The van der Waals surface area contributed by atoms with Gasteiger partial charge in [0.05, 0.1) is 19.8 Å². The van der Waals surface area contributed by atoms with Crippen molar-refractivity contribution >= 4 is 0 Å². The van der Waals surface area contributed by atoms with Crippen LogP contribution in [0.25, 0.3) is 0 Å². The van der Waals surface area contributed by atoms with E-state index in [0.29, 0.717) is 0 Å². The summed E-state index contributed by atoms with van der Waals surface area (Å²) in [5.41, 5.74) is 0. The lowest BCUT2D eigenvalue weighted by molar-refractivity contribution is -0.369. The molecule has 0 saturated carbocycles. The Morgan fingerprint density at radius 1 is 0.543 bits per heavy atom. The number of aliphatic hydroxyl groups excluding tert-OH is 10. The number of ether oxygens (including phenoxy) is 6. The first-order chi connectivity index (χ1) is 16.5. The minimum atomic E-state index is -1.78. The fourth-order valence-electron chi connectivity index (χ4n) is 4.11. The Bertz CT molecular complexity index is 648. The Balaban J connectivity index is 1.63. The van der Waals surface area contributed by atoms with Crippen LogP contribution in [0.15, 0.2) is 0 Å². The molecule has 3 saturated heterocycles. The summed E-state index contributed by atoms with van der Waals surface area (Å²) in [6.07, 6.45) is -23.3. The topological polar surface area (TPSA) is 258 Å². The van der Waals surface area contributed by atoms with Crippen LogP contribution in [0.2, 0.25) is 0 Å². The molecule has 0 aromatic rings. The summed E-state index contributed by atoms with van der Waals surface area (Å²) < 4.78 is 32.0. The lowest BCUT2D eigenvalue weighted by atomic mass is 9.97. The highest BCUT2D eigenvalue weighted by Crippen LogP contribution is 2.30. The molecule has 3 rings (SSSR count). The van der Waals surface area contributed by atoms with E-state index >= 15 is 0 Å². The lowest BCUT2D eigenvalue weighted by Gasteiger charge is -2.46. The van der Waals surface area contributed by atoms with E-state index < -0.39 is 112 Å². The third-order valence-corrected chi connectivity index (χ3v) is 6.29. The molecule has 3 aliphatic rings. The van der Waals surface area contributed by atoms with Gasteiger partial charge in [0.25, 0.3) is 0 Å². The van der Waals surface area contributed by atoms with Gasteiger partial charge in [-0.15, -0.1) is 0 Å². The van der Waals surface area contributed by atoms with E-state index in [4.69, 9.17) is 28.4 Å². The Kier molecular flexibility index (Phi) is 10.1. The number of methoxy groups -OCH3 is 1. The second kappa shape index (κ2) is 12.3.